The van der Waals surface area contributed by atoms with Crippen LogP contribution < -0.4 is 10.6 Å². The van der Waals surface area contributed by atoms with Gasteiger partial charge in [0.2, 0.25) is 5.91 Å². The fraction of sp³-hybridized carbons (Fsp3) is 0.238. The lowest BCUT2D eigenvalue weighted by atomic mass is 10.2. The molecular weight excluding hydrogens is 457 g/mol. The van der Waals surface area contributed by atoms with E-state index in [4.69, 9.17) is 23.2 Å². The Morgan fingerprint density at radius 2 is 1.81 bits per heavy atom. The van der Waals surface area contributed by atoms with Crippen molar-refractivity contribution in [3.63, 3.8) is 0 Å². The van der Waals surface area contributed by atoms with Gasteiger partial charge in [-0.2, -0.15) is 0 Å². The third kappa shape index (κ3) is 6.00. The van der Waals surface area contributed by atoms with Crippen molar-refractivity contribution < 1.29 is 9.59 Å². The number of benzene rings is 2. The van der Waals surface area contributed by atoms with Gasteiger partial charge in [0.05, 0.1) is 11.4 Å². The minimum Gasteiger partial charge on any atom is -0.336 e. The number of aromatic nitrogens is 3. The summed E-state index contributed by atoms with van der Waals surface area (Å²) in [4.78, 5) is 23.9. The molecule has 0 radical (unpaired) electrons. The Bertz CT molecular complexity index is 1100. The first-order valence-corrected chi connectivity index (χ1v) is 11.2. The maximum atomic E-state index is 12.2. The molecule has 3 rings (SSSR count). The normalized spacial score (nSPS) is 10.9. The van der Waals surface area contributed by atoms with Crippen molar-refractivity contribution in [2.75, 3.05) is 5.75 Å². The molecule has 10 heteroatoms. The van der Waals surface area contributed by atoms with Crippen LogP contribution in [0.25, 0.3) is 17.1 Å². The van der Waals surface area contributed by atoms with Gasteiger partial charge >= 0.3 is 6.03 Å². The van der Waals surface area contributed by atoms with E-state index >= 15 is 0 Å². The number of hydrogen-bond donors (Lipinski definition) is 2. The van der Waals surface area contributed by atoms with Gasteiger partial charge < -0.3 is 5.32 Å². The largest absolute Gasteiger partial charge is 0.336 e. The van der Waals surface area contributed by atoms with Crippen molar-refractivity contribution in [2.24, 2.45) is 0 Å². The lowest BCUT2D eigenvalue weighted by Crippen LogP contribution is -2.43. The van der Waals surface area contributed by atoms with Crippen LogP contribution in [-0.4, -0.2) is 38.5 Å². The quantitative estimate of drug-likeness (QED) is 0.494. The van der Waals surface area contributed by atoms with Crippen LogP contribution in [0.2, 0.25) is 10.0 Å². The second-order valence-corrected chi connectivity index (χ2v) is 8.83. The van der Waals surface area contributed by atoms with Gasteiger partial charge in [0.15, 0.2) is 11.0 Å². The van der Waals surface area contributed by atoms with E-state index in [9.17, 15) is 9.59 Å². The van der Waals surface area contributed by atoms with E-state index in [0.717, 1.165) is 16.8 Å². The monoisotopic (exact) mass is 477 g/mol. The summed E-state index contributed by atoms with van der Waals surface area (Å²) in [7, 11) is 0. The van der Waals surface area contributed by atoms with Crippen LogP contribution in [0.5, 0.6) is 0 Å². The zero-order valence-corrected chi connectivity index (χ0v) is 19.5. The first-order valence-electron chi connectivity index (χ1n) is 9.45. The molecule has 0 saturated heterocycles. The van der Waals surface area contributed by atoms with Crippen LogP contribution in [-0.2, 0) is 4.79 Å². The van der Waals surface area contributed by atoms with E-state index < -0.39 is 11.9 Å². The minimum absolute atomic E-state index is 0.0101. The van der Waals surface area contributed by atoms with Crippen LogP contribution in [0.4, 0.5) is 4.79 Å². The molecule has 3 amide bonds. The summed E-state index contributed by atoms with van der Waals surface area (Å²) in [5.74, 6) is 0.133. The average molecular weight is 478 g/mol. The fourth-order valence-corrected chi connectivity index (χ4v) is 3.75. The Morgan fingerprint density at radius 3 is 2.45 bits per heavy atom. The highest BCUT2D eigenvalue weighted by Gasteiger charge is 2.18. The summed E-state index contributed by atoms with van der Waals surface area (Å²) in [5.41, 5.74) is 2.50. The van der Waals surface area contributed by atoms with E-state index in [1.807, 2.05) is 55.7 Å². The SMILES string of the molecule is Cc1ccc(-n2c(SCC(=O)NC(=O)NC(C)C)nnc2-c2ccc(Cl)cc2)cc1Cl. The molecule has 3 aromatic rings. The molecule has 0 spiro atoms. The second-order valence-electron chi connectivity index (χ2n) is 7.05. The van der Waals surface area contributed by atoms with Crippen LogP contribution in [0.3, 0.4) is 0 Å². The predicted molar refractivity (Wildman–Crippen MR) is 124 cm³/mol. The van der Waals surface area contributed by atoms with Crippen molar-refractivity contribution >= 4 is 46.9 Å². The number of nitrogens with one attached hydrogen (secondary N) is 2. The molecule has 1 aromatic heterocycles. The molecule has 162 valence electrons. The van der Waals surface area contributed by atoms with Crippen LogP contribution in [0, 0.1) is 6.92 Å². The third-order valence-electron chi connectivity index (χ3n) is 4.15. The van der Waals surface area contributed by atoms with Gasteiger partial charge in [-0.05, 0) is 62.7 Å². The number of amides is 3. The number of urea groups is 1. The number of halogens is 2. The van der Waals surface area contributed by atoms with E-state index in [0.29, 0.717) is 21.0 Å². The van der Waals surface area contributed by atoms with E-state index in [1.54, 1.807) is 12.1 Å². The smallest absolute Gasteiger partial charge is 0.321 e. The molecular formula is C21H21Cl2N5O2S. The van der Waals surface area contributed by atoms with Crippen molar-refractivity contribution in [1.82, 2.24) is 25.4 Å². The van der Waals surface area contributed by atoms with Gasteiger partial charge in [-0.25, -0.2) is 4.79 Å². The number of thioether (sulfide) groups is 1. The Labute approximate surface area is 194 Å². The number of hydrogen-bond acceptors (Lipinski definition) is 5. The fourth-order valence-electron chi connectivity index (χ4n) is 2.69. The van der Waals surface area contributed by atoms with E-state index in [-0.39, 0.29) is 11.8 Å². The second kappa shape index (κ2) is 10.2. The Morgan fingerprint density at radius 1 is 1.10 bits per heavy atom. The van der Waals surface area contributed by atoms with Crippen molar-refractivity contribution in [3.8, 4) is 17.1 Å². The molecule has 7 nitrogen and oxygen atoms in total. The van der Waals surface area contributed by atoms with Gasteiger partial charge in [-0.15, -0.1) is 10.2 Å². The summed E-state index contributed by atoms with van der Waals surface area (Å²) in [5, 5.41) is 15.2. The molecule has 0 atom stereocenters. The Balaban J connectivity index is 1.89. The van der Waals surface area contributed by atoms with Gasteiger partial charge in [0.25, 0.3) is 0 Å². The lowest BCUT2D eigenvalue weighted by molar-refractivity contribution is -0.117. The summed E-state index contributed by atoms with van der Waals surface area (Å²) < 4.78 is 1.82. The zero-order valence-electron chi connectivity index (χ0n) is 17.1. The number of imide groups is 1. The number of carbonyl (C=O) groups excluding carboxylic acids is 2. The van der Waals surface area contributed by atoms with E-state index in [1.165, 1.54) is 11.8 Å². The highest BCUT2D eigenvalue weighted by atomic mass is 35.5. The van der Waals surface area contributed by atoms with Crippen LogP contribution in [0.1, 0.15) is 19.4 Å². The number of carbonyl (C=O) groups is 2. The highest BCUT2D eigenvalue weighted by Crippen LogP contribution is 2.30. The summed E-state index contributed by atoms with van der Waals surface area (Å²) in [6, 6.07) is 12.2. The molecule has 0 aliphatic rings. The number of aryl methyl sites for hydroxylation is 1. The number of nitrogens with zero attached hydrogens (tertiary/aromatic N) is 3. The highest BCUT2D eigenvalue weighted by molar-refractivity contribution is 7.99. The van der Waals surface area contributed by atoms with Gasteiger partial charge in [0, 0.05) is 21.7 Å². The maximum Gasteiger partial charge on any atom is 0.321 e. The van der Waals surface area contributed by atoms with Crippen LogP contribution in [0.15, 0.2) is 47.6 Å². The molecule has 2 aromatic carbocycles. The summed E-state index contributed by atoms with van der Waals surface area (Å²) in [6.45, 7) is 5.54. The van der Waals surface area contributed by atoms with Gasteiger partial charge in [0.1, 0.15) is 0 Å². The molecule has 31 heavy (non-hydrogen) atoms. The first-order chi connectivity index (χ1) is 14.7. The average Bonchev–Trinajstić information content (AvgIpc) is 3.12. The standard InChI is InChI=1S/C21H21Cl2N5O2S/c1-12(2)24-20(30)25-18(29)11-31-21-27-26-19(14-5-7-15(22)8-6-14)28(21)16-9-4-13(3)17(23)10-16/h4-10,12H,11H2,1-3H3,(H2,24,25,29,30). The summed E-state index contributed by atoms with van der Waals surface area (Å²) in [6.07, 6.45) is 0. The van der Waals surface area contributed by atoms with Crippen molar-refractivity contribution in [3.05, 3.63) is 58.1 Å². The minimum atomic E-state index is -0.533. The predicted octanol–water partition coefficient (Wildman–Crippen LogP) is 4.88. The number of rotatable bonds is 6. The van der Waals surface area contributed by atoms with Gasteiger partial charge in [-0.3, -0.25) is 14.7 Å². The third-order valence-corrected chi connectivity index (χ3v) is 5.74. The molecule has 0 aliphatic carbocycles. The molecule has 2 N–H and O–H groups in total. The zero-order chi connectivity index (χ0) is 22.5. The Hall–Kier alpha value is -2.55. The summed E-state index contributed by atoms with van der Waals surface area (Å²) >= 11 is 13.5. The molecule has 0 bridgehead atoms. The molecule has 0 aliphatic heterocycles. The van der Waals surface area contributed by atoms with Crippen molar-refractivity contribution in [1.29, 1.82) is 0 Å². The Kier molecular flexibility index (Phi) is 7.59. The molecule has 1 heterocycles. The first kappa shape index (κ1) is 23.1. The molecule has 0 fully saturated rings. The van der Waals surface area contributed by atoms with E-state index in [2.05, 4.69) is 20.8 Å². The lowest BCUT2D eigenvalue weighted by Gasteiger charge is -2.12. The molecule has 0 unspecified atom stereocenters. The maximum absolute atomic E-state index is 12.2. The van der Waals surface area contributed by atoms with Crippen molar-refractivity contribution in [2.45, 2.75) is 32.0 Å². The van der Waals surface area contributed by atoms with Gasteiger partial charge in [-0.1, -0.05) is 41.0 Å². The van der Waals surface area contributed by atoms with Crippen LogP contribution >= 0.6 is 35.0 Å². The topological polar surface area (TPSA) is 88.9 Å². The molecule has 0 saturated carbocycles.